The lowest BCUT2D eigenvalue weighted by Gasteiger charge is -2.11. The summed E-state index contributed by atoms with van der Waals surface area (Å²) in [6, 6.07) is 19.2. The van der Waals surface area contributed by atoms with Gasteiger partial charge in [-0.1, -0.05) is 36.4 Å². The fourth-order valence-electron chi connectivity index (χ4n) is 2.87. The van der Waals surface area contributed by atoms with Gasteiger partial charge in [0.05, 0.1) is 5.69 Å². The molecular weight excluding hydrogens is 355 g/mol. The van der Waals surface area contributed by atoms with E-state index >= 15 is 0 Å². The van der Waals surface area contributed by atoms with Crippen molar-refractivity contribution < 1.29 is 4.39 Å². The van der Waals surface area contributed by atoms with Crippen LogP contribution in [0, 0.1) is 12.7 Å². The van der Waals surface area contributed by atoms with Crippen molar-refractivity contribution in [1.29, 1.82) is 0 Å². The minimum Gasteiger partial charge on any atom is -0.339 e. The van der Waals surface area contributed by atoms with Gasteiger partial charge in [0.1, 0.15) is 22.8 Å². The van der Waals surface area contributed by atoms with E-state index in [0.717, 1.165) is 11.3 Å². The number of nitrogens with zero attached hydrogens (tertiary/aromatic N) is 3. The van der Waals surface area contributed by atoms with Crippen molar-refractivity contribution in [2.24, 2.45) is 4.99 Å². The molecule has 4 aromatic rings. The molecule has 0 atom stereocenters. The smallest absolute Gasteiger partial charge is 0.268 e. The average molecular weight is 372 g/mol. The summed E-state index contributed by atoms with van der Waals surface area (Å²) in [7, 11) is 0. The topological polar surface area (TPSA) is 58.8 Å². The van der Waals surface area contributed by atoms with Crippen LogP contribution in [-0.2, 0) is 0 Å². The maximum atomic E-state index is 13.9. The van der Waals surface area contributed by atoms with Gasteiger partial charge >= 0.3 is 0 Å². The van der Waals surface area contributed by atoms with Gasteiger partial charge in [-0.05, 0) is 42.8 Å². The largest absolute Gasteiger partial charge is 0.339 e. The number of aliphatic imine (C=N–C) groups is 1. The summed E-state index contributed by atoms with van der Waals surface area (Å²) in [4.78, 5) is 21.9. The van der Waals surface area contributed by atoms with Crippen molar-refractivity contribution in [1.82, 2.24) is 9.38 Å². The molecule has 0 bridgehead atoms. The first kappa shape index (κ1) is 17.6. The highest BCUT2D eigenvalue weighted by Gasteiger charge is 2.13. The van der Waals surface area contributed by atoms with Gasteiger partial charge in [-0.3, -0.25) is 14.2 Å². The van der Waals surface area contributed by atoms with Crippen molar-refractivity contribution >= 4 is 29.1 Å². The maximum absolute atomic E-state index is 13.9. The highest BCUT2D eigenvalue weighted by Crippen LogP contribution is 2.20. The molecule has 0 radical (unpaired) electrons. The number of hydrogen-bond donors (Lipinski definition) is 1. The number of rotatable bonds is 4. The van der Waals surface area contributed by atoms with Gasteiger partial charge in [-0.25, -0.2) is 9.37 Å². The van der Waals surface area contributed by atoms with Gasteiger partial charge < -0.3 is 5.32 Å². The van der Waals surface area contributed by atoms with Crippen LogP contribution in [0.4, 0.5) is 21.6 Å². The molecule has 0 aliphatic heterocycles. The number of para-hydroxylation sites is 2. The van der Waals surface area contributed by atoms with Crippen LogP contribution in [0.2, 0.25) is 0 Å². The molecule has 5 nitrogen and oxygen atoms in total. The van der Waals surface area contributed by atoms with E-state index < -0.39 is 5.82 Å². The number of aryl methyl sites for hydroxylation is 1. The molecule has 0 aliphatic carbocycles. The van der Waals surface area contributed by atoms with Gasteiger partial charge in [0.25, 0.3) is 5.56 Å². The summed E-state index contributed by atoms with van der Waals surface area (Å²) in [5.41, 5.74) is 2.32. The molecule has 0 spiro atoms. The third kappa shape index (κ3) is 3.40. The zero-order chi connectivity index (χ0) is 19.5. The quantitative estimate of drug-likeness (QED) is 0.531. The van der Waals surface area contributed by atoms with Crippen LogP contribution in [0.15, 0.2) is 82.7 Å². The SMILES string of the molecule is Cc1cccn2c(=O)c(C=Nc3ccccc3F)c(Nc3ccccc3)nc12. The average Bonchev–Trinajstić information content (AvgIpc) is 2.71. The molecule has 2 heterocycles. The minimum atomic E-state index is -0.457. The summed E-state index contributed by atoms with van der Waals surface area (Å²) in [6.45, 7) is 1.89. The van der Waals surface area contributed by atoms with Crippen molar-refractivity contribution in [2.45, 2.75) is 6.92 Å². The molecule has 0 saturated carbocycles. The fraction of sp³-hybridized carbons (Fsp3) is 0.0455. The summed E-state index contributed by atoms with van der Waals surface area (Å²) in [6.07, 6.45) is 3.01. The number of halogens is 1. The van der Waals surface area contributed by atoms with Crippen LogP contribution in [-0.4, -0.2) is 15.6 Å². The highest BCUT2D eigenvalue weighted by molar-refractivity contribution is 5.89. The third-order valence-corrected chi connectivity index (χ3v) is 4.31. The van der Waals surface area contributed by atoms with Crippen LogP contribution in [0.3, 0.4) is 0 Å². The summed E-state index contributed by atoms with van der Waals surface area (Å²) >= 11 is 0. The van der Waals surface area contributed by atoms with E-state index in [-0.39, 0.29) is 16.8 Å². The molecule has 0 fully saturated rings. The van der Waals surface area contributed by atoms with Gasteiger partial charge in [0, 0.05) is 18.1 Å². The predicted octanol–water partition coefficient (Wildman–Crippen LogP) is 4.64. The molecule has 0 amide bonds. The van der Waals surface area contributed by atoms with Gasteiger partial charge in [0.2, 0.25) is 0 Å². The van der Waals surface area contributed by atoms with Crippen molar-refractivity contribution in [3.63, 3.8) is 0 Å². The molecule has 4 rings (SSSR count). The summed E-state index contributed by atoms with van der Waals surface area (Å²) in [5, 5.41) is 3.17. The Balaban J connectivity index is 1.89. The molecule has 28 heavy (non-hydrogen) atoms. The highest BCUT2D eigenvalue weighted by atomic mass is 19.1. The lowest BCUT2D eigenvalue weighted by molar-refractivity contribution is 0.630. The number of nitrogens with one attached hydrogen (secondary N) is 1. The first-order valence-electron chi connectivity index (χ1n) is 8.76. The monoisotopic (exact) mass is 372 g/mol. The zero-order valence-electron chi connectivity index (χ0n) is 15.1. The van der Waals surface area contributed by atoms with Crippen LogP contribution in [0.1, 0.15) is 11.1 Å². The van der Waals surface area contributed by atoms with Crippen molar-refractivity contribution in [3.8, 4) is 0 Å². The van der Waals surface area contributed by atoms with Gasteiger partial charge in [-0.2, -0.15) is 0 Å². The first-order valence-corrected chi connectivity index (χ1v) is 8.76. The summed E-state index contributed by atoms with van der Waals surface area (Å²) < 4.78 is 15.4. The van der Waals surface area contributed by atoms with E-state index in [4.69, 9.17) is 0 Å². The molecule has 6 heteroatoms. The third-order valence-electron chi connectivity index (χ3n) is 4.31. The number of benzene rings is 2. The Morgan fingerprint density at radius 2 is 1.79 bits per heavy atom. The number of hydrogen-bond acceptors (Lipinski definition) is 4. The fourth-order valence-corrected chi connectivity index (χ4v) is 2.87. The van der Waals surface area contributed by atoms with Crippen LogP contribution in [0.5, 0.6) is 0 Å². The molecular formula is C22H17FN4O. The number of anilines is 2. The van der Waals surface area contributed by atoms with Crippen molar-refractivity contribution in [2.75, 3.05) is 5.32 Å². The normalized spacial score (nSPS) is 11.2. The second-order valence-electron chi connectivity index (χ2n) is 6.26. The Bertz CT molecular complexity index is 1230. The molecule has 0 aliphatic rings. The van der Waals surface area contributed by atoms with E-state index in [1.54, 1.807) is 30.5 Å². The molecule has 138 valence electrons. The van der Waals surface area contributed by atoms with Crippen molar-refractivity contribution in [3.05, 3.63) is 100 Å². The Hall–Kier alpha value is -3.80. The van der Waals surface area contributed by atoms with Gasteiger partial charge in [-0.15, -0.1) is 0 Å². The standard InChI is InChI=1S/C22H17FN4O/c1-15-8-7-13-27-21(15)26-20(25-16-9-3-2-4-10-16)17(22(27)28)14-24-19-12-6-5-11-18(19)23/h2-14,25H,1H3. The Labute approximate surface area is 160 Å². The molecule has 1 N–H and O–H groups in total. The molecule has 0 saturated heterocycles. The molecule has 2 aromatic heterocycles. The number of pyridine rings is 1. The Morgan fingerprint density at radius 1 is 1.04 bits per heavy atom. The lowest BCUT2D eigenvalue weighted by Crippen LogP contribution is -2.22. The molecule has 2 aromatic carbocycles. The van der Waals surface area contributed by atoms with E-state index in [2.05, 4.69) is 15.3 Å². The van der Waals surface area contributed by atoms with Crippen LogP contribution < -0.4 is 10.9 Å². The Kier molecular flexibility index (Phi) is 4.68. The summed E-state index contributed by atoms with van der Waals surface area (Å²) in [5.74, 6) is -0.0911. The minimum absolute atomic E-state index is 0.155. The molecule has 0 unspecified atom stereocenters. The Morgan fingerprint density at radius 3 is 2.57 bits per heavy atom. The van der Waals surface area contributed by atoms with E-state index in [1.165, 1.54) is 16.7 Å². The lowest BCUT2D eigenvalue weighted by atomic mass is 10.2. The van der Waals surface area contributed by atoms with E-state index in [0.29, 0.717) is 11.5 Å². The predicted molar refractivity (Wildman–Crippen MR) is 110 cm³/mol. The zero-order valence-corrected chi connectivity index (χ0v) is 15.1. The van der Waals surface area contributed by atoms with E-state index in [9.17, 15) is 9.18 Å². The van der Waals surface area contributed by atoms with Crippen LogP contribution >= 0.6 is 0 Å². The van der Waals surface area contributed by atoms with Crippen LogP contribution in [0.25, 0.3) is 5.65 Å². The maximum Gasteiger partial charge on any atom is 0.268 e. The van der Waals surface area contributed by atoms with E-state index in [1.807, 2.05) is 43.3 Å². The second kappa shape index (κ2) is 7.44. The number of fused-ring (bicyclic) bond motifs is 1. The van der Waals surface area contributed by atoms with Gasteiger partial charge in [0.15, 0.2) is 0 Å². The number of aromatic nitrogens is 2. The first-order chi connectivity index (χ1) is 13.6. The second-order valence-corrected chi connectivity index (χ2v) is 6.26.